The normalized spacial score (nSPS) is 18.0. The van der Waals surface area contributed by atoms with E-state index in [0.717, 1.165) is 11.4 Å². The van der Waals surface area contributed by atoms with Crippen molar-refractivity contribution in [3.05, 3.63) is 66.3 Å². The molecule has 5 heterocycles. The summed E-state index contributed by atoms with van der Waals surface area (Å²) in [6.45, 7) is 2.36. The van der Waals surface area contributed by atoms with Crippen LogP contribution in [0.25, 0.3) is 22.8 Å². The summed E-state index contributed by atoms with van der Waals surface area (Å²) in [7, 11) is 1.64. The molecule has 5 rings (SSSR count). The van der Waals surface area contributed by atoms with Crippen LogP contribution in [-0.4, -0.2) is 54.6 Å². The predicted molar refractivity (Wildman–Crippen MR) is 119 cm³/mol. The average Bonchev–Trinajstić information content (AvgIpc) is 3.43. The summed E-state index contributed by atoms with van der Waals surface area (Å²) in [4.78, 5) is 31.5. The summed E-state index contributed by atoms with van der Waals surface area (Å²) >= 11 is 0. The summed E-state index contributed by atoms with van der Waals surface area (Å²) in [6.07, 6.45) is 3.61. The summed E-state index contributed by atoms with van der Waals surface area (Å²) in [6, 6.07) is 12.5. The van der Waals surface area contributed by atoms with Crippen molar-refractivity contribution in [1.82, 2.24) is 30.0 Å². The number of carbonyl (C=O) groups is 1. The van der Waals surface area contributed by atoms with E-state index in [9.17, 15) is 9.90 Å². The molecule has 1 fully saturated rings. The number of likely N-dealkylation sites (tertiary alicyclic amines) is 1. The third kappa shape index (κ3) is 3.92. The van der Waals surface area contributed by atoms with Gasteiger partial charge < -0.3 is 19.8 Å². The molecule has 1 amide bonds. The van der Waals surface area contributed by atoms with E-state index in [0.29, 0.717) is 35.3 Å². The van der Waals surface area contributed by atoms with Crippen molar-refractivity contribution in [3.8, 4) is 22.8 Å². The Kier molecular flexibility index (Phi) is 5.06. The third-order valence-electron chi connectivity index (χ3n) is 5.52. The van der Waals surface area contributed by atoms with E-state index in [1.54, 1.807) is 37.6 Å². The van der Waals surface area contributed by atoms with Crippen molar-refractivity contribution in [2.24, 2.45) is 0 Å². The molecule has 0 aliphatic carbocycles. The van der Waals surface area contributed by atoms with Gasteiger partial charge >= 0.3 is 0 Å². The number of likely N-dealkylation sites (N-methyl/N-ethyl adjacent to an activating group) is 1. The summed E-state index contributed by atoms with van der Waals surface area (Å²) < 4.78 is 5.34. The molecule has 166 valence electrons. The van der Waals surface area contributed by atoms with Crippen molar-refractivity contribution < 1.29 is 14.4 Å². The molecule has 2 N–H and O–H groups in total. The van der Waals surface area contributed by atoms with Gasteiger partial charge in [-0.3, -0.25) is 9.78 Å². The molecule has 1 unspecified atom stereocenters. The Morgan fingerprint density at radius 3 is 2.58 bits per heavy atom. The van der Waals surface area contributed by atoms with E-state index in [1.807, 2.05) is 31.2 Å². The third-order valence-corrected chi connectivity index (χ3v) is 5.52. The second-order valence-corrected chi connectivity index (χ2v) is 7.90. The van der Waals surface area contributed by atoms with Gasteiger partial charge in [-0.2, -0.15) is 0 Å². The van der Waals surface area contributed by atoms with Gasteiger partial charge in [0, 0.05) is 38.0 Å². The first-order chi connectivity index (χ1) is 15.9. The molecule has 0 aromatic carbocycles. The number of aromatic nitrogens is 5. The lowest BCUT2D eigenvalue weighted by molar-refractivity contribution is -0.144. The SMILES string of the molecule is Cc1ccc(Nc2nccc(-c3cccc(-c4cc(C5(O)CCN(C)C5=O)on4)n3)n2)cn1. The van der Waals surface area contributed by atoms with Gasteiger partial charge in [0.1, 0.15) is 5.69 Å². The number of aliphatic hydroxyl groups is 1. The molecule has 1 aliphatic rings. The summed E-state index contributed by atoms with van der Waals surface area (Å²) in [5.41, 5.74) is 2.17. The number of aryl methyl sites for hydroxylation is 1. The Morgan fingerprint density at radius 2 is 1.85 bits per heavy atom. The molecular formula is C23H21N7O3. The van der Waals surface area contributed by atoms with Gasteiger partial charge in [0.15, 0.2) is 5.76 Å². The van der Waals surface area contributed by atoms with Crippen molar-refractivity contribution in [2.45, 2.75) is 18.9 Å². The Bertz CT molecular complexity index is 1320. The topological polar surface area (TPSA) is 130 Å². The fraction of sp³-hybridized carbons (Fsp3) is 0.217. The van der Waals surface area contributed by atoms with Crippen LogP contribution in [0.5, 0.6) is 0 Å². The van der Waals surface area contributed by atoms with E-state index < -0.39 is 11.5 Å². The first-order valence-corrected chi connectivity index (χ1v) is 10.4. The second kappa shape index (κ2) is 8.06. The number of nitrogens with zero attached hydrogens (tertiary/aromatic N) is 6. The van der Waals surface area contributed by atoms with Crippen LogP contribution in [0, 0.1) is 6.92 Å². The number of carbonyl (C=O) groups excluding carboxylic acids is 1. The zero-order chi connectivity index (χ0) is 23.0. The molecule has 4 aromatic rings. The molecule has 10 heteroatoms. The minimum absolute atomic E-state index is 0.110. The Morgan fingerprint density at radius 1 is 1.06 bits per heavy atom. The van der Waals surface area contributed by atoms with Crippen LogP contribution in [0.2, 0.25) is 0 Å². The van der Waals surface area contributed by atoms with Crippen LogP contribution >= 0.6 is 0 Å². The van der Waals surface area contributed by atoms with Gasteiger partial charge in [-0.05, 0) is 37.3 Å². The highest BCUT2D eigenvalue weighted by atomic mass is 16.5. The molecule has 33 heavy (non-hydrogen) atoms. The van der Waals surface area contributed by atoms with E-state index in [4.69, 9.17) is 4.52 Å². The molecular weight excluding hydrogens is 422 g/mol. The number of nitrogens with one attached hydrogen (secondary N) is 1. The van der Waals surface area contributed by atoms with Gasteiger partial charge in [-0.15, -0.1) is 0 Å². The first kappa shape index (κ1) is 20.7. The monoisotopic (exact) mass is 443 g/mol. The average molecular weight is 443 g/mol. The Balaban J connectivity index is 1.41. The molecule has 1 atom stereocenters. The minimum Gasteiger partial charge on any atom is -0.373 e. The maximum absolute atomic E-state index is 12.3. The standard InChI is InChI=1S/C23H21N7O3/c1-14-6-7-15(13-25-14)26-22-24-10-8-18(28-22)16-4-3-5-17(27-16)19-12-20(33-29-19)23(32)9-11-30(2)21(23)31/h3-8,10,12-13,32H,9,11H2,1-2H3,(H,24,26,28). The number of hydrogen-bond donors (Lipinski definition) is 2. The molecule has 1 saturated heterocycles. The molecule has 10 nitrogen and oxygen atoms in total. The van der Waals surface area contributed by atoms with Crippen molar-refractivity contribution in [3.63, 3.8) is 0 Å². The van der Waals surface area contributed by atoms with Crippen molar-refractivity contribution >= 4 is 17.5 Å². The molecule has 0 saturated carbocycles. The van der Waals surface area contributed by atoms with Crippen LogP contribution in [0.1, 0.15) is 17.9 Å². The fourth-order valence-corrected chi connectivity index (χ4v) is 3.63. The molecule has 4 aromatic heterocycles. The molecule has 0 bridgehead atoms. The van der Waals surface area contributed by atoms with Crippen LogP contribution in [0.3, 0.4) is 0 Å². The van der Waals surface area contributed by atoms with Crippen LogP contribution < -0.4 is 5.32 Å². The number of pyridine rings is 2. The van der Waals surface area contributed by atoms with Crippen molar-refractivity contribution in [1.29, 1.82) is 0 Å². The number of rotatable bonds is 5. The maximum Gasteiger partial charge on any atom is 0.262 e. The summed E-state index contributed by atoms with van der Waals surface area (Å²) in [5, 5.41) is 17.9. The number of anilines is 2. The van der Waals surface area contributed by atoms with E-state index in [2.05, 4.69) is 30.4 Å². The lowest BCUT2D eigenvalue weighted by Gasteiger charge is -2.16. The van der Waals surface area contributed by atoms with Gasteiger partial charge in [0.25, 0.3) is 5.91 Å². The lowest BCUT2D eigenvalue weighted by Crippen LogP contribution is -2.35. The lowest BCUT2D eigenvalue weighted by atomic mass is 9.98. The van der Waals surface area contributed by atoms with Gasteiger partial charge in [-0.25, -0.2) is 15.0 Å². The van der Waals surface area contributed by atoms with Gasteiger partial charge in [-0.1, -0.05) is 11.2 Å². The van der Waals surface area contributed by atoms with Gasteiger partial charge in [0.05, 0.1) is 29.0 Å². The quantitative estimate of drug-likeness (QED) is 0.478. The molecule has 0 radical (unpaired) electrons. The van der Waals surface area contributed by atoms with Crippen LogP contribution in [0.4, 0.5) is 11.6 Å². The fourth-order valence-electron chi connectivity index (χ4n) is 3.63. The number of hydrogen-bond acceptors (Lipinski definition) is 9. The highest BCUT2D eigenvalue weighted by molar-refractivity contribution is 5.87. The summed E-state index contributed by atoms with van der Waals surface area (Å²) in [5.74, 6) is 0.121. The minimum atomic E-state index is -1.70. The second-order valence-electron chi connectivity index (χ2n) is 7.90. The highest BCUT2D eigenvalue weighted by Gasteiger charge is 2.48. The largest absolute Gasteiger partial charge is 0.373 e. The predicted octanol–water partition coefficient (Wildman–Crippen LogP) is 2.69. The molecule has 0 spiro atoms. The van der Waals surface area contributed by atoms with E-state index in [-0.39, 0.29) is 12.2 Å². The zero-order valence-corrected chi connectivity index (χ0v) is 18.1. The smallest absolute Gasteiger partial charge is 0.262 e. The Hall–Kier alpha value is -4.18. The van der Waals surface area contributed by atoms with E-state index >= 15 is 0 Å². The van der Waals surface area contributed by atoms with E-state index in [1.165, 1.54) is 4.90 Å². The number of amides is 1. The zero-order valence-electron chi connectivity index (χ0n) is 18.1. The van der Waals surface area contributed by atoms with Crippen molar-refractivity contribution in [2.75, 3.05) is 18.9 Å². The van der Waals surface area contributed by atoms with Crippen LogP contribution in [0.15, 0.2) is 59.4 Å². The molecule has 1 aliphatic heterocycles. The maximum atomic E-state index is 12.3. The highest BCUT2D eigenvalue weighted by Crippen LogP contribution is 2.34. The van der Waals surface area contributed by atoms with Gasteiger partial charge in [0.2, 0.25) is 11.5 Å². The Labute approximate surface area is 189 Å². The van der Waals surface area contributed by atoms with Crippen LogP contribution in [-0.2, 0) is 10.4 Å². The first-order valence-electron chi connectivity index (χ1n) is 10.4.